The molecular weight excluding hydrogens is 691 g/mol. The summed E-state index contributed by atoms with van der Waals surface area (Å²) < 4.78 is 2.43. The minimum Gasteiger partial charge on any atom is -0.309 e. The lowest BCUT2D eigenvalue weighted by molar-refractivity contribution is 1.19. The SMILES string of the molecule is c1ccc2cc(-c3ccc4c(-c5ccc6ccccc6c5)nc(-c5ccc(-n6c7ccccc7c7cc8ccccc8cc76)c6ccccc56)nc4c3)ccc2c1. The van der Waals surface area contributed by atoms with Crippen LogP contribution in [0.3, 0.4) is 0 Å². The Morgan fingerprint density at radius 3 is 1.63 bits per heavy atom. The Kier molecular flexibility index (Phi) is 6.93. The fourth-order valence-electron chi connectivity index (χ4n) is 8.94. The molecule has 0 N–H and O–H groups in total. The van der Waals surface area contributed by atoms with Crippen molar-refractivity contribution in [1.82, 2.24) is 14.5 Å². The number of hydrogen-bond donors (Lipinski definition) is 0. The topological polar surface area (TPSA) is 30.7 Å². The summed E-state index contributed by atoms with van der Waals surface area (Å²) in [5, 5.41) is 13.1. The smallest absolute Gasteiger partial charge is 0.161 e. The molecule has 0 aliphatic rings. The summed E-state index contributed by atoms with van der Waals surface area (Å²) in [6.07, 6.45) is 0. The van der Waals surface area contributed by atoms with Crippen molar-refractivity contribution >= 4 is 75.8 Å². The minimum absolute atomic E-state index is 0.706. The van der Waals surface area contributed by atoms with Crippen molar-refractivity contribution in [2.24, 2.45) is 0 Å². The highest BCUT2D eigenvalue weighted by Gasteiger charge is 2.19. The molecule has 0 atom stereocenters. The Labute approximate surface area is 328 Å². The van der Waals surface area contributed by atoms with Crippen molar-refractivity contribution in [3.05, 3.63) is 200 Å². The van der Waals surface area contributed by atoms with Gasteiger partial charge in [-0.25, -0.2) is 9.97 Å². The quantitative estimate of drug-likeness (QED) is 0.181. The fourth-order valence-corrected chi connectivity index (χ4v) is 8.94. The van der Waals surface area contributed by atoms with Gasteiger partial charge >= 0.3 is 0 Å². The lowest BCUT2D eigenvalue weighted by atomic mass is 9.97. The maximum absolute atomic E-state index is 5.45. The van der Waals surface area contributed by atoms with Gasteiger partial charge in [0.2, 0.25) is 0 Å². The van der Waals surface area contributed by atoms with Crippen LogP contribution in [0.1, 0.15) is 0 Å². The monoisotopic (exact) mass is 723 g/mol. The third kappa shape index (κ3) is 5.06. The van der Waals surface area contributed by atoms with Gasteiger partial charge in [-0.05, 0) is 103 Å². The number of fused-ring (bicyclic) bond motifs is 8. The summed E-state index contributed by atoms with van der Waals surface area (Å²) in [5.74, 6) is 0.706. The van der Waals surface area contributed by atoms with E-state index in [2.05, 4.69) is 205 Å². The average molecular weight is 724 g/mol. The number of nitrogens with zero attached hydrogens (tertiary/aromatic N) is 3. The molecule has 0 spiro atoms. The second kappa shape index (κ2) is 12.5. The predicted octanol–water partition coefficient (Wildman–Crippen LogP) is 14.3. The van der Waals surface area contributed by atoms with Crippen molar-refractivity contribution in [3.8, 4) is 39.5 Å². The molecule has 0 aliphatic carbocycles. The molecule has 0 aliphatic heterocycles. The first-order valence-corrected chi connectivity index (χ1v) is 19.5. The van der Waals surface area contributed by atoms with Crippen molar-refractivity contribution in [2.45, 2.75) is 0 Å². The van der Waals surface area contributed by atoms with Crippen LogP contribution in [-0.2, 0) is 0 Å². The molecule has 2 aromatic heterocycles. The van der Waals surface area contributed by atoms with Crippen LogP contribution >= 0.6 is 0 Å². The van der Waals surface area contributed by atoms with E-state index in [-0.39, 0.29) is 0 Å². The number of aromatic nitrogens is 3. The van der Waals surface area contributed by atoms with E-state index in [4.69, 9.17) is 9.97 Å². The molecular formula is C54H33N3. The van der Waals surface area contributed by atoms with E-state index >= 15 is 0 Å². The number of hydrogen-bond acceptors (Lipinski definition) is 2. The third-order valence-corrected chi connectivity index (χ3v) is 11.7. The van der Waals surface area contributed by atoms with Crippen molar-refractivity contribution in [3.63, 3.8) is 0 Å². The first-order chi connectivity index (χ1) is 28.2. The van der Waals surface area contributed by atoms with Crippen LogP contribution < -0.4 is 0 Å². The standard InChI is InChI=1S/C54H33N3/c1-3-13-36-29-40(23-21-34(36)11-1)41-25-26-47-49(32-41)55-54(56-53(47)42-24-22-35-12-2-4-14-37(35)30-42)46-27-28-51(44-18-8-7-17-43(44)46)57-50-20-10-9-19-45(50)48-31-38-15-5-6-16-39(38)33-52(48)57/h1-33H. The van der Waals surface area contributed by atoms with Crippen LogP contribution in [0.25, 0.3) is 115 Å². The zero-order valence-electron chi connectivity index (χ0n) is 30.9. The molecule has 0 amide bonds. The summed E-state index contributed by atoms with van der Waals surface area (Å²) >= 11 is 0. The van der Waals surface area contributed by atoms with E-state index in [0.29, 0.717) is 5.82 Å². The molecule has 2 heterocycles. The molecule has 10 aromatic carbocycles. The maximum atomic E-state index is 5.45. The molecule has 0 unspecified atom stereocenters. The first-order valence-electron chi connectivity index (χ1n) is 19.5. The fraction of sp³-hybridized carbons (Fsp3) is 0. The van der Waals surface area contributed by atoms with E-state index in [1.165, 1.54) is 54.1 Å². The number of rotatable bonds is 4. The highest BCUT2D eigenvalue weighted by atomic mass is 15.0. The second-order valence-corrected chi connectivity index (χ2v) is 15.0. The zero-order valence-corrected chi connectivity index (χ0v) is 30.9. The average Bonchev–Trinajstić information content (AvgIpc) is 3.59. The molecule has 0 saturated carbocycles. The Bertz CT molecular complexity index is 3590. The van der Waals surface area contributed by atoms with Crippen LogP contribution in [-0.4, -0.2) is 14.5 Å². The van der Waals surface area contributed by atoms with Crippen LogP contribution in [0.5, 0.6) is 0 Å². The highest BCUT2D eigenvalue weighted by Crippen LogP contribution is 2.40. The Morgan fingerprint density at radius 2 is 0.877 bits per heavy atom. The van der Waals surface area contributed by atoms with Gasteiger partial charge in [0.05, 0.1) is 27.9 Å². The second-order valence-electron chi connectivity index (χ2n) is 15.0. The van der Waals surface area contributed by atoms with Crippen LogP contribution in [0.15, 0.2) is 200 Å². The van der Waals surface area contributed by atoms with Gasteiger partial charge in [0, 0.05) is 32.7 Å². The van der Waals surface area contributed by atoms with Crippen LogP contribution in [0.2, 0.25) is 0 Å². The molecule has 0 saturated heterocycles. The molecule has 12 aromatic rings. The van der Waals surface area contributed by atoms with Gasteiger partial charge in [-0.1, -0.05) is 146 Å². The largest absolute Gasteiger partial charge is 0.309 e. The molecule has 0 fully saturated rings. The van der Waals surface area contributed by atoms with E-state index in [1.54, 1.807) is 0 Å². The van der Waals surface area contributed by atoms with E-state index < -0.39 is 0 Å². The van der Waals surface area contributed by atoms with Gasteiger partial charge in [-0.3, -0.25) is 0 Å². The van der Waals surface area contributed by atoms with Crippen molar-refractivity contribution in [1.29, 1.82) is 0 Å². The molecule has 57 heavy (non-hydrogen) atoms. The van der Waals surface area contributed by atoms with E-state index in [1.807, 2.05) is 0 Å². The van der Waals surface area contributed by atoms with Crippen molar-refractivity contribution < 1.29 is 0 Å². The highest BCUT2D eigenvalue weighted by molar-refractivity contribution is 6.15. The molecule has 3 heteroatoms. The van der Waals surface area contributed by atoms with Gasteiger partial charge in [0.25, 0.3) is 0 Å². The van der Waals surface area contributed by atoms with Crippen LogP contribution in [0, 0.1) is 0 Å². The maximum Gasteiger partial charge on any atom is 0.161 e. The summed E-state index contributed by atoms with van der Waals surface area (Å²) in [6, 6.07) is 72.2. The summed E-state index contributed by atoms with van der Waals surface area (Å²) in [4.78, 5) is 10.9. The van der Waals surface area contributed by atoms with Gasteiger partial charge < -0.3 is 4.57 Å². The minimum atomic E-state index is 0.706. The van der Waals surface area contributed by atoms with E-state index in [9.17, 15) is 0 Å². The van der Waals surface area contributed by atoms with E-state index in [0.717, 1.165) is 55.3 Å². The lowest BCUT2D eigenvalue weighted by Crippen LogP contribution is -1.99. The first kappa shape index (κ1) is 31.7. The van der Waals surface area contributed by atoms with Gasteiger partial charge in [-0.15, -0.1) is 0 Å². The van der Waals surface area contributed by atoms with Crippen molar-refractivity contribution in [2.75, 3.05) is 0 Å². The normalized spacial score (nSPS) is 11.9. The van der Waals surface area contributed by atoms with Gasteiger partial charge in [0.15, 0.2) is 5.82 Å². The molecule has 264 valence electrons. The lowest BCUT2D eigenvalue weighted by Gasteiger charge is -2.16. The molecule has 0 bridgehead atoms. The third-order valence-electron chi connectivity index (χ3n) is 11.7. The molecule has 0 radical (unpaired) electrons. The summed E-state index contributed by atoms with van der Waals surface area (Å²) in [6.45, 7) is 0. The summed E-state index contributed by atoms with van der Waals surface area (Å²) in [7, 11) is 0. The van der Waals surface area contributed by atoms with Crippen LogP contribution in [0.4, 0.5) is 0 Å². The number of para-hydroxylation sites is 1. The Morgan fingerprint density at radius 1 is 0.316 bits per heavy atom. The predicted molar refractivity (Wildman–Crippen MR) is 240 cm³/mol. The van der Waals surface area contributed by atoms with Gasteiger partial charge in [-0.2, -0.15) is 0 Å². The Balaban J connectivity index is 1.10. The summed E-state index contributed by atoms with van der Waals surface area (Å²) in [5.41, 5.74) is 9.70. The molecule has 3 nitrogen and oxygen atoms in total. The van der Waals surface area contributed by atoms with Gasteiger partial charge in [0.1, 0.15) is 0 Å². The number of benzene rings is 10. The Hall–Kier alpha value is -7.62. The molecule has 12 rings (SSSR count). The zero-order chi connectivity index (χ0) is 37.5.